The minimum absolute atomic E-state index is 0.572. The highest BCUT2D eigenvalue weighted by Gasteiger charge is 1.95. The van der Waals surface area contributed by atoms with Crippen molar-refractivity contribution in [3.05, 3.63) is 41.7 Å². The van der Waals surface area contributed by atoms with Crippen molar-refractivity contribution in [2.75, 3.05) is 0 Å². The van der Waals surface area contributed by atoms with Gasteiger partial charge in [-0.15, -0.1) is 0 Å². The first-order valence-corrected chi connectivity index (χ1v) is 7.25. The standard InChI is InChI=1S/C9H6ClN.C2H4I2/c10-9-8-4-2-1-3-7(8)5-6-11-9;1-2(3)4/h1-6H;2H,1H3. The van der Waals surface area contributed by atoms with Crippen molar-refractivity contribution in [2.24, 2.45) is 0 Å². The third kappa shape index (κ3) is 4.82. The Morgan fingerprint density at radius 3 is 2.40 bits per heavy atom. The highest BCUT2D eigenvalue weighted by Crippen LogP contribution is 2.19. The molecule has 0 N–H and O–H groups in total. The summed E-state index contributed by atoms with van der Waals surface area (Å²) in [5, 5.41) is 2.72. The van der Waals surface area contributed by atoms with Gasteiger partial charge in [0.2, 0.25) is 0 Å². The molecule has 0 aliphatic rings. The molecule has 0 aliphatic heterocycles. The van der Waals surface area contributed by atoms with Gasteiger partial charge in [0.15, 0.2) is 0 Å². The molecular weight excluding hydrogens is 435 g/mol. The summed E-state index contributed by atoms with van der Waals surface area (Å²) in [6.45, 7) is 2.14. The quantitative estimate of drug-likeness (QED) is 0.313. The second-order valence-electron chi connectivity index (χ2n) is 2.84. The molecule has 2 rings (SSSR count). The largest absolute Gasteiger partial charge is 0.244 e. The first-order chi connectivity index (χ1) is 7.11. The Bertz CT molecular complexity index is 424. The van der Waals surface area contributed by atoms with Gasteiger partial charge in [-0.05, 0) is 18.4 Å². The lowest BCUT2D eigenvalue weighted by Gasteiger charge is -1.96. The number of halogens is 3. The fourth-order valence-corrected chi connectivity index (χ4v) is 1.31. The Kier molecular flexibility index (Phi) is 6.14. The van der Waals surface area contributed by atoms with Crippen LogP contribution in [0.15, 0.2) is 36.5 Å². The van der Waals surface area contributed by atoms with Gasteiger partial charge in [0, 0.05) is 11.6 Å². The minimum Gasteiger partial charge on any atom is -0.244 e. The van der Waals surface area contributed by atoms with Crippen LogP contribution in [0.4, 0.5) is 0 Å². The van der Waals surface area contributed by atoms with Gasteiger partial charge in [-0.25, -0.2) is 4.98 Å². The maximum Gasteiger partial charge on any atom is 0.136 e. The van der Waals surface area contributed by atoms with E-state index >= 15 is 0 Å². The average Bonchev–Trinajstić information content (AvgIpc) is 2.18. The van der Waals surface area contributed by atoms with Crippen molar-refractivity contribution in [1.82, 2.24) is 4.98 Å². The summed E-state index contributed by atoms with van der Waals surface area (Å²) in [6.07, 6.45) is 1.71. The van der Waals surface area contributed by atoms with Gasteiger partial charge in [-0.2, -0.15) is 0 Å². The molecule has 80 valence electrons. The first kappa shape index (κ1) is 13.4. The molecule has 0 saturated carbocycles. The third-order valence-electron chi connectivity index (χ3n) is 1.63. The van der Waals surface area contributed by atoms with E-state index in [0.29, 0.717) is 5.15 Å². The molecule has 0 spiro atoms. The molecule has 0 saturated heterocycles. The Labute approximate surface area is 122 Å². The molecule has 1 aromatic heterocycles. The molecule has 4 heteroatoms. The second-order valence-corrected chi connectivity index (χ2v) is 9.32. The molecule has 0 radical (unpaired) electrons. The van der Waals surface area contributed by atoms with Crippen molar-refractivity contribution < 1.29 is 0 Å². The van der Waals surface area contributed by atoms with Crippen LogP contribution in [0.25, 0.3) is 10.8 Å². The van der Waals surface area contributed by atoms with E-state index in [-0.39, 0.29) is 0 Å². The Morgan fingerprint density at radius 1 is 1.20 bits per heavy atom. The van der Waals surface area contributed by atoms with Crippen LogP contribution in [0.5, 0.6) is 0 Å². The van der Waals surface area contributed by atoms with Crippen molar-refractivity contribution in [2.45, 2.75) is 8.86 Å². The SMILES string of the molecule is CC(I)I.Clc1nccc2ccccc12. The van der Waals surface area contributed by atoms with Crippen LogP contribution in [0, 0.1) is 0 Å². The summed E-state index contributed by atoms with van der Waals surface area (Å²) >= 11 is 10.5. The summed E-state index contributed by atoms with van der Waals surface area (Å²) in [4.78, 5) is 3.97. The summed E-state index contributed by atoms with van der Waals surface area (Å²) in [7, 11) is 0. The number of fused-ring (bicyclic) bond motifs is 1. The third-order valence-corrected chi connectivity index (χ3v) is 1.93. The van der Waals surface area contributed by atoms with Gasteiger partial charge < -0.3 is 0 Å². The molecule has 15 heavy (non-hydrogen) atoms. The molecule has 0 atom stereocenters. The number of pyridine rings is 1. The zero-order valence-electron chi connectivity index (χ0n) is 8.12. The van der Waals surface area contributed by atoms with E-state index in [1.165, 1.54) is 0 Å². The van der Waals surface area contributed by atoms with Crippen molar-refractivity contribution in [3.63, 3.8) is 0 Å². The first-order valence-electron chi connectivity index (χ1n) is 4.38. The lowest BCUT2D eigenvalue weighted by molar-refractivity contribution is 1.36. The highest BCUT2D eigenvalue weighted by molar-refractivity contribution is 14.2. The topological polar surface area (TPSA) is 12.9 Å². The summed E-state index contributed by atoms with van der Waals surface area (Å²) in [5.74, 6) is 0. The number of rotatable bonds is 0. The number of hydrogen-bond acceptors (Lipinski definition) is 1. The van der Waals surface area contributed by atoms with Crippen LogP contribution < -0.4 is 0 Å². The lowest BCUT2D eigenvalue weighted by Crippen LogP contribution is -1.76. The predicted molar refractivity (Wildman–Crippen MR) is 84.3 cm³/mol. The average molecular weight is 445 g/mol. The Hall–Kier alpha value is 0.380. The van der Waals surface area contributed by atoms with E-state index in [4.69, 9.17) is 11.6 Å². The Balaban J connectivity index is 0.000000245. The van der Waals surface area contributed by atoms with Gasteiger partial charge in [-0.1, -0.05) is 81.0 Å². The van der Waals surface area contributed by atoms with Crippen LogP contribution >= 0.6 is 56.8 Å². The van der Waals surface area contributed by atoms with E-state index in [9.17, 15) is 0 Å². The summed E-state index contributed by atoms with van der Waals surface area (Å²) in [5.41, 5.74) is 0. The van der Waals surface area contributed by atoms with Crippen LogP contribution in [0.2, 0.25) is 5.15 Å². The maximum absolute atomic E-state index is 5.85. The maximum atomic E-state index is 5.85. The number of benzene rings is 1. The highest BCUT2D eigenvalue weighted by atomic mass is 127. The molecule has 1 heterocycles. The van der Waals surface area contributed by atoms with Crippen LogP contribution in [0.1, 0.15) is 6.92 Å². The van der Waals surface area contributed by atoms with E-state index < -0.39 is 0 Å². The minimum atomic E-state index is 0.572. The van der Waals surface area contributed by atoms with Gasteiger partial charge in [0.25, 0.3) is 0 Å². The number of aromatic nitrogens is 1. The van der Waals surface area contributed by atoms with E-state index in [0.717, 1.165) is 12.7 Å². The molecular formula is C11H10ClI2N. The summed E-state index contributed by atoms with van der Waals surface area (Å²) in [6, 6.07) is 9.86. The van der Waals surface area contributed by atoms with Crippen molar-refractivity contribution in [1.29, 1.82) is 0 Å². The van der Waals surface area contributed by atoms with Crippen molar-refractivity contribution in [3.8, 4) is 0 Å². The zero-order valence-corrected chi connectivity index (χ0v) is 13.2. The molecule has 0 aliphatic carbocycles. The number of hydrogen-bond donors (Lipinski definition) is 0. The van der Waals surface area contributed by atoms with Crippen LogP contribution in [-0.4, -0.2) is 6.92 Å². The zero-order chi connectivity index (χ0) is 11.3. The second kappa shape index (κ2) is 6.85. The smallest absolute Gasteiger partial charge is 0.136 e. The van der Waals surface area contributed by atoms with Gasteiger partial charge in [-0.3, -0.25) is 0 Å². The van der Waals surface area contributed by atoms with Gasteiger partial charge >= 0.3 is 0 Å². The van der Waals surface area contributed by atoms with Crippen molar-refractivity contribution >= 4 is 67.6 Å². The molecule has 2 aromatic rings. The van der Waals surface area contributed by atoms with E-state index in [1.807, 2.05) is 30.3 Å². The van der Waals surface area contributed by atoms with Crippen LogP contribution in [-0.2, 0) is 0 Å². The molecule has 0 fully saturated rings. The lowest BCUT2D eigenvalue weighted by atomic mass is 10.2. The van der Waals surface area contributed by atoms with Gasteiger partial charge in [0.05, 0.1) is 1.93 Å². The molecule has 1 nitrogen and oxygen atoms in total. The predicted octanol–water partition coefficient (Wildman–Crippen LogP) is 5.09. The molecule has 0 amide bonds. The Morgan fingerprint density at radius 2 is 1.80 bits per heavy atom. The monoisotopic (exact) mass is 445 g/mol. The number of alkyl halides is 2. The van der Waals surface area contributed by atoms with E-state index in [1.54, 1.807) is 6.20 Å². The van der Waals surface area contributed by atoms with Crippen LogP contribution in [0.3, 0.4) is 0 Å². The molecule has 0 unspecified atom stereocenters. The molecule has 1 aromatic carbocycles. The number of nitrogens with zero attached hydrogens (tertiary/aromatic N) is 1. The molecule has 0 bridgehead atoms. The normalized spacial score (nSPS) is 9.93. The van der Waals surface area contributed by atoms with E-state index in [2.05, 4.69) is 57.1 Å². The summed E-state index contributed by atoms with van der Waals surface area (Å²) < 4.78 is 0.773. The fourth-order valence-electron chi connectivity index (χ4n) is 1.08. The van der Waals surface area contributed by atoms with Gasteiger partial charge in [0.1, 0.15) is 5.15 Å². The fraction of sp³-hybridized carbons (Fsp3) is 0.182.